The number of benzene rings is 7. The van der Waals surface area contributed by atoms with Gasteiger partial charge in [-0.15, -0.1) is 0 Å². The van der Waals surface area contributed by atoms with Crippen molar-refractivity contribution in [2.45, 2.75) is 0 Å². The number of hydrogen-bond donors (Lipinski definition) is 0. The van der Waals surface area contributed by atoms with Gasteiger partial charge in [-0.2, -0.15) is 5.26 Å². The Morgan fingerprint density at radius 3 is 1.67 bits per heavy atom. The van der Waals surface area contributed by atoms with Crippen molar-refractivity contribution in [2.24, 2.45) is 0 Å². The molecule has 5 heteroatoms. The van der Waals surface area contributed by atoms with Crippen molar-refractivity contribution < 1.29 is 0 Å². The summed E-state index contributed by atoms with van der Waals surface area (Å²) in [4.78, 5) is 19.9. The third-order valence-electron chi connectivity index (χ3n) is 9.45. The number of nitrogens with zero attached hydrogens (tertiary/aromatic N) is 5. The first-order chi connectivity index (χ1) is 25.7. The van der Waals surface area contributed by atoms with E-state index in [0.717, 1.165) is 88.7 Å². The molecule has 0 aliphatic heterocycles. The van der Waals surface area contributed by atoms with Crippen LogP contribution in [0.4, 0.5) is 5.69 Å². The van der Waals surface area contributed by atoms with Crippen LogP contribution in [-0.2, 0) is 0 Å². The SMILES string of the molecule is [C-]#[N+]c1cc(C#N)cc(-c2ccc(-c3nc4ccccc4c4c(-c5ccccc5)cc5nc(-c6ccccc6)c(-c6ccccc6)nc5c34)cc2)c1. The molecular weight excluding hydrogens is 635 g/mol. The van der Waals surface area contributed by atoms with Gasteiger partial charge in [0.2, 0.25) is 0 Å². The number of hydrogen-bond acceptors (Lipinski definition) is 4. The van der Waals surface area contributed by atoms with Gasteiger partial charge >= 0.3 is 0 Å². The Kier molecular flexibility index (Phi) is 7.51. The maximum Gasteiger partial charge on any atom is 0.189 e. The first-order valence-corrected chi connectivity index (χ1v) is 17.0. The van der Waals surface area contributed by atoms with Gasteiger partial charge in [0.05, 0.1) is 46.3 Å². The highest BCUT2D eigenvalue weighted by molar-refractivity contribution is 6.25. The Hall–Kier alpha value is -7.47. The molecule has 0 aliphatic carbocycles. The van der Waals surface area contributed by atoms with E-state index in [1.807, 2.05) is 72.8 Å². The molecule has 0 atom stereocenters. The highest BCUT2D eigenvalue weighted by Crippen LogP contribution is 2.44. The van der Waals surface area contributed by atoms with Crippen molar-refractivity contribution in [1.29, 1.82) is 5.26 Å². The quantitative estimate of drug-likeness (QED) is 0.136. The van der Waals surface area contributed by atoms with Crippen molar-refractivity contribution in [3.63, 3.8) is 0 Å². The number of para-hydroxylation sites is 1. The lowest BCUT2D eigenvalue weighted by Gasteiger charge is -2.18. The van der Waals surface area contributed by atoms with Crippen LogP contribution in [0.3, 0.4) is 0 Å². The second-order valence-electron chi connectivity index (χ2n) is 12.6. The summed E-state index contributed by atoms with van der Waals surface area (Å²) in [6, 6.07) is 57.0. The molecule has 5 nitrogen and oxygen atoms in total. The van der Waals surface area contributed by atoms with E-state index in [0.29, 0.717) is 11.3 Å². The normalized spacial score (nSPS) is 11.0. The second kappa shape index (κ2) is 12.8. The standard InChI is InChI=1S/C47H27N5/c1-49-37-26-30(29-48)25-36(27-37)31-21-23-35(24-22-31)44-43-42(38-19-11-12-20-40(38)50-44)39(32-13-5-2-6-14-32)28-41-47(43)52-46(34-17-9-4-10-18-34)45(51-41)33-15-7-3-8-16-33/h2-28H. The van der Waals surface area contributed by atoms with Gasteiger partial charge < -0.3 is 0 Å². The Balaban J connectivity index is 1.40. The molecule has 9 rings (SSSR count). The molecule has 2 heterocycles. The molecular formula is C47H27N5. The van der Waals surface area contributed by atoms with Gasteiger partial charge in [0.1, 0.15) is 0 Å². The average molecular weight is 662 g/mol. The number of pyridine rings is 1. The zero-order valence-corrected chi connectivity index (χ0v) is 27.8. The van der Waals surface area contributed by atoms with E-state index in [9.17, 15) is 5.26 Å². The molecule has 0 amide bonds. The third-order valence-corrected chi connectivity index (χ3v) is 9.45. The molecule has 2 aromatic heterocycles. The Morgan fingerprint density at radius 1 is 0.462 bits per heavy atom. The van der Waals surface area contributed by atoms with E-state index in [1.54, 1.807) is 6.07 Å². The van der Waals surface area contributed by atoms with E-state index < -0.39 is 0 Å². The third kappa shape index (κ3) is 5.31. The lowest BCUT2D eigenvalue weighted by Crippen LogP contribution is -2.00. The minimum Gasteiger partial charge on any atom is -0.247 e. The van der Waals surface area contributed by atoms with Crippen LogP contribution in [0, 0.1) is 17.9 Å². The molecule has 0 saturated heterocycles. The fourth-order valence-corrected chi connectivity index (χ4v) is 7.04. The zero-order chi connectivity index (χ0) is 35.0. The van der Waals surface area contributed by atoms with Gasteiger partial charge in [0, 0.05) is 38.4 Å². The molecule has 7 aromatic carbocycles. The Morgan fingerprint density at radius 2 is 1.02 bits per heavy atom. The summed E-state index contributed by atoms with van der Waals surface area (Å²) in [7, 11) is 0. The Bertz CT molecular complexity index is 2860. The van der Waals surface area contributed by atoms with Crippen LogP contribution >= 0.6 is 0 Å². The fourth-order valence-electron chi connectivity index (χ4n) is 7.04. The van der Waals surface area contributed by atoms with Gasteiger partial charge in [-0.25, -0.2) is 19.8 Å². The van der Waals surface area contributed by atoms with Crippen LogP contribution < -0.4 is 0 Å². The van der Waals surface area contributed by atoms with Crippen molar-refractivity contribution in [1.82, 2.24) is 15.0 Å². The predicted molar refractivity (Wildman–Crippen MR) is 211 cm³/mol. The summed E-state index contributed by atoms with van der Waals surface area (Å²) in [5.41, 5.74) is 12.5. The lowest BCUT2D eigenvalue weighted by molar-refractivity contribution is 1.30. The molecule has 0 unspecified atom stereocenters. The van der Waals surface area contributed by atoms with E-state index >= 15 is 0 Å². The topological polar surface area (TPSA) is 66.8 Å². The minimum absolute atomic E-state index is 0.433. The Labute approximate surface area is 300 Å². The largest absolute Gasteiger partial charge is 0.247 e. The molecule has 0 aliphatic rings. The summed E-state index contributed by atoms with van der Waals surface area (Å²) in [5.74, 6) is 0. The van der Waals surface area contributed by atoms with Crippen molar-refractivity contribution in [3.8, 4) is 62.1 Å². The molecule has 0 saturated carbocycles. The average Bonchev–Trinajstić information content (AvgIpc) is 3.23. The van der Waals surface area contributed by atoms with Gasteiger partial charge in [-0.1, -0.05) is 133 Å². The van der Waals surface area contributed by atoms with Crippen LogP contribution in [0.2, 0.25) is 0 Å². The van der Waals surface area contributed by atoms with Crippen LogP contribution in [0.1, 0.15) is 5.56 Å². The number of aromatic nitrogens is 3. The first kappa shape index (κ1) is 30.6. The van der Waals surface area contributed by atoms with Gasteiger partial charge in [-0.3, -0.25) is 0 Å². The van der Waals surface area contributed by atoms with E-state index in [-0.39, 0.29) is 0 Å². The predicted octanol–water partition coefficient (Wildman–Crippen LogP) is 12.1. The molecule has 0 bridgehead atoms. The van der Waals surface area contributed by atoms with Crippen molar-refractivity contribution in [3.05, 3.63) is 181 Å². The number of rotatable bonds is 5. The molecule has 0 spiro atoms. The summed E-state index contributed by atoms with van der Waals surface area (Å²) in [5, 5.41) is 12.6. The minimum atomic E-state index is 0.433. The number of nitriles is 1. The maximum atomic E-state index is 9.60. The molecule has 9 aromatic rings. The highest BCUT2D eigenvalue weighted by Gasteiger charge is 2.22. The van der Waals surface area contributed by atoms with Crippen LogP contribution in [0.25, 0.3) is 93.6 Å². The number of fused-ring (bicyclic) bond motifs is 5. The van der Waals surface area contributed by atoms with E-state index in [4.69, 9.17) is 21.5 Å². The lowest BCUT2D eigenvalue weighted by atomic mass is 9.91. The molecule has 0 radical (unpaired) electrons. The molecule has 52 heavy (non-hydrogen) atoms. The van der Waals surface area contributed by atoms with Gasteiger partial charge in [0.15, 0.2) is 5.69 Å². The van der Waals surface area contributed by atoms with Crippen LogP contribution in [0.5, 0.6) is 0 Å². The summed E-state index contributed by atoms with van der Waals surface area (Å²) in [6.45, 7) is 7.54. The summed E-state index contributed by atoms with van der Waals surface area (Å²) in [6.07, 6.45) is 0. The van der Waals surface area contributed by atoms with E-state index in [1.165, 1.54) is 0 Å². The monoisotopic (exact) mass is 661 g/mol. The van der Waals surface area contributed by atoms with Crippen LogP contribution in [-0.4, -0.2) is 15.0 Å². The zero-order valence-electron chi connectivity index (χ0n) is 27.8. The van der Waals surface area contributed by atoms with Crippen molar-refractivity contribution in [2.75, 3.05) is 0 Å². The first-order valence-electron chi connectivity index (χ1n) is 17.0. The smallest absolute Gasteiger partial charge is 0.189 e. The van der Waals surface area contributed by atoms with Crippen LogP contribution in [0.15, 0.2) is 164 Å². The van der Waals surface area contributed by atoms with E-state index in [2.05, 4.69) is 95.8 Å². The van der Waals surface area contributed by atoms with Gasteiger partial charge in [0.25, 0.3) is 0 Å². The summed E-state index contributed by atoms with van der Waals surface area (Å²) >= 11 is 0. The summed E-state index contributed by atoms with van der Waals surface area (Å²) < 4.78 is 0. The molecule has 0 fully saturated rings. The molecule has 0 N–H and O–H groups in total. The fraction of sp³-hybridized carbons (Fsp3) is 0. The second-order valence-corrected chi connectivity index (χ2v) is 12.6. The maximum absolute atomic E-state index is 9.60. The highest BCUT2D eigenvalue weighted by atomic mass is 14.8. The van der Waals surface area contributed by atoms with Crippen molar-refractivity contribution >= 4 is 38.4 Å². The molecule has 240 valence electrons. The van der Waals surface area contributed by atoms with Gasteiger partial charge in [-0.05, 0) is 52.6 Å².